The van der Waals surface area contributed by atoms with Crippen LogP contribution in [0.5, 0.6) is 0 Å². The second-order valence-corrected chi connectivity index (χ2v) is 4.65. The highest BCUT2D eigenvalue weighted by molar-refractivity contribution is 5.75. The second-order valence-electron chi connectivity index (χ2n) is 4.65. The minimum Gasteiger partial charge on any atom is -0.325 e. The number of nitrogens with zero attached hydrogens (tertiary/aromatic N) is 1. The van der Waals surface area contributed by atoms with Crippen LogP contribution in [0.25, 0.3) is 0 Å². The van der Waals surface area contributed by atoms with Gasteiger partial charge < -0.3 is 10.2 Å². The van der Waals surface area contributed by atoms with Crippen LogP contribution in [-0.2, 0) is 0 Å². The van der Waals surface area contributed by atoms with Crippen molar-refractivity contribution in [3.8, 4) is 12.3 Å². The van der Waals surface area contributed by atoms with Crippen molar-refractivity contribution in [3.05, 3.63) is 0 Å². The molecular weight excluding hydrogens is 200 g/mol. The minimum atomic E-state index is -0.116. The Morgan fingerprint density at radius 3 is 3.00 bits per heavy atom. The number of likely N-dealkylation sites (tertiary alicyclic amines) is 1. The predicted molar refractivity (Wildman–Crippen MR) is 66.0 cm³/mol. The van der Waals surface area contributed by atoms with Gasteiger partial charge in [-0.05, 0) is 25.2 Å². The summed E-state index contributed by atoms with van der Waals surface area (Å²) < 4.78 is 0. The highest BCUT2D eigenvalue weighted by atomic mass is 16.2. The molecule has 1 N–H and O–H groups in total. The van der Waals surface area contributed by atoms with Gasteiger partial charge in [-0.25, -0.2) is 4.79 Å². The highest BCUT2D eigenvalue weighted by Crippen LogP contribution is 2.15. The Bertz CT molecular complexity index is 270. The summed E-state index contributed by atoms with van der Waals surface area (Å²) >= 11 is 0. The Balaban J connectivity index is 2.41. The van der Waals surface area contributed by atoms with E-state index in [1.807, 2.05) is 4.90 Å². The van der Waals surface area contributed by atoms with Gasteiger partial charge in [-0.1, -0.05) is 26.2 Å². The molecule has 2 atom stereocenters. The van der Waals surface area contributed by atoms with Crippen LogP contribution in [0, 0.1) is 18.3 Å². The van der Waals surface area contributed by atoms with Crippen LogP contribution in [-0.4, -0.2) is 30.1 Å². The van der Waals surface area contributed by atoms with Crippen molar-refractivity contribution in [1.82, 2.24) is 10.2 Å². The third-order valence-corrected chi connectivity index (χ3v) is 3.02. The predicted octanol–water partition coefficient (Wildman–Crippen LogP) is 2.23. The van der Waals surface area contributed by atoms with Gasteiger partial charge in [-0.2, -0.15) is 0 Å². The third-order valence-electron chi connectivity index (χ3n) is 3.02. The number of piperidine rings is 1. The summed E-state index contributed by atoms with van der Waals surface area (Å²) in [5.41, 5.74) is 0. The fourth-order valence-corrected chi connectivity index (χ4v) is 2.10. The van der Waals surface area contributed by atoms with Gasteiger partial charge in [0.15, 0.2) is 0 Å². The second kappa shape index (κ2) is 6.42. The standard InChI is InChI=1S/C13H22N2O/c1-4-7-12(5-2)14-13(16)15-9-6-8-11(3)10-15/h2,11-12H,4,6-10H2,1,3H3,(H,14,16). The molecule has 0 aromatic heterocycles. The maximum atomic E-state index is 11.9. The van der Waals surface area contributed by atoms with Crippen LogP contribution in [0.3, 0.4) is 0 Å². The van der Waals surface area contributed by atoms with Gasteiger partial charge in [0.05, 0.1) is 6.04 Å². The molecule has 1 fully saturated rings. The van der Waals surface area contributed by atoms with E-state index in [2.05, 4.69) is 25.1 Å². The molecule has 0 bridgehead atoms. The van der Waals surface area contributed by atoms with E-state index in [1.165, 1.54) is 6.42 Å². The first-order valence-electron chi connectivity index (χ1n) is 6.19. The molecule has 2 amide bonds. The number of hydrogen-bond acceptors (Lipinski definition) is 1. The van der Waals surface area contributed by atoms with Gasteiger partial charge >= 0.3 is 6.03 Å². The van der Waals surface area contributed by atoms with Crippen molar-refractivity contribution < 1.29 is 4.79 Å². The van der Waals surface area contributed by atoms with E-state index in [4.69, 9.17) is 6.42 Å². The lowest BCUT2D eigenvalue weighted by Crippen LogP contribution is -2.48. The third kappa shape index (κ3) is 3.77. The van der Waals surface area contributed by atoms with Gasteiger partial charge in [-0.15, -0.1) is 6.42 Å². The molecule has 1 aliphatic rings. The summed E-state index contributed by atoms with van der Waals surface area (Å²) in [7, 11) is 0. The molecule has 0 aliphatic carbocycles. The summed E-state index contributed by atoms with van der Waals surface area (Å²) in [4.78, 5) is 13.8. The van der Waals surface area contributed by atoms with Crippen LogP contribution >= 0.6 is 0 Å². The Morgan fingerprint density at radius 2 is 2.44 bits per heavy atom. The van der Waals surface area contributed by atoms with E-state index in [0.717, 1.165) is 32.4 Å². The zero-order valence-corrected chi connectivity index (χ0v) is 10.3. The smallest absolute Gasteiger partial charge is 0.318 e. The molecule has 16 heavy (non-hydrogen) atoms. The zero-order valence-electron chi connectivity index (χ0n) is 10.3. The largest absolute Gasteiger partial charge is 0.325 e. The number of nitrogens with one attached hydrogen (secondary N) is 1. The lowest BCUT2D eigenvalue weighted by atomic mass is 10.0. The maximum Gasteiger partial charge on any atom is 0.318 e. The summed E-state index contributed by atoms with van der Waals surface area (Å²) in [6, 6.07) is -0.113. The van der Waals surface area contributed by atoms with E-state index >= 15 is 0 Å². The Hall–Kier alpha value is -1.17. The topological polar surface area (TPSA) is 32.3 Å². The number of urea groups is 1. The molecule has 0 radical (unpaired) electrons. The van der Waals surface area contributed by atoms with Gasteiger partial charge in [0.25, 0.3) is 0 Å². The van der Waals surface area contributed by atoms with Crippen molar-refractivity contribution in [1.29, 1.82) is 0 Å². The average molecular weight is 222 g/mol. The van der Waals surface area contributed by atoms with Gasteiger partial charge in [0.1, 0.15) is 0 Å². The van der Waals surface area contributed by atoms with Crippen molar-refractivity contribution >= 4 is 6.03 Å². The number of carbonyl (C=O) groups excluding carboxylic acids is 1. The minimum absolute atomic E-state index is 0.00273. The van der Waals surface area contributed by atoms with Crippen LogP contribution in [0.4, 0.5) is 4.79 Å². The van der Waals surface area contributed by atoms with Crippen molar-refractivity contribution in [3.63, 3.8) is 0 Å². The van der Waals surface area contributed by atoms with E-state index in [9.17, 15) is 4.79 Å². The molecule has 3 heteroatoms. The number of amides is 2. The molecule has 1 heterocycles. The molecule has 0 saturated carbocycles. The average Bonchev–Trinajstić information content (AvgIpc) is 2.28. The molecule has 1 saturated heterocycles. The Labute approximate surface area is 98.6 Å². The van der Waals surface area contributed by atoms with Gasteiger partial charge in [0, 0.05) is 13.1 Å². The molecule has 1 rings (SSSR count). The number of hydrogen-bond donors (Lipinski definition) is 1. The summed E-state index contributed by atoms with van der Waals surface area (Å²) in [5, 5.41) is 2.91. The molecule has 0 aromatic carbocycles. The molecule has 0 aromatic rings. The summed E-state index contributed by atoms with van der Waals surface area (Å²) in [5.74, 6) is 3.23. The first-order chi connectivity index (χ1) is 7.67. The van der Waals surface area contributed by atoms with E-state index in [1.54, 1.807) is 0 Å². The summed E-state index contributed by atoms with van der Waals surface area (Å²) in [6.45, 7) is 5.97. The van der Waals surface area contributed by atoms with Crippen molar-refractivity contribution in [2.45, 2.75) is 45.6 Å². The first-order valence-corrected chi connectivity index (χ1v) is 6.19. The number of terminal acetylenes is 1. The van der Waals surface area contributed by atoms with Crippen molar-refractivity contribution in [2.75, 3.05) is 13.1 Å². The molecule has 0 spiro atoms. The van der Waals surface area contributed by atoms with E-state index < -0.39 is 0 Å². The van der Waals surface area contributed by atoms with Crippen LogP contribution in [0.15, 0.2) is 0 Å². The first kappa shape index (κ1) is 12.9. The zero-order chi connectivity index (χ0) is 12.0. The van der Waals surface area contributed by atoms with Crippen LogP contribution in [0.2, 0.25) is 0 Å². The number of carbonyl (C=O) groups is 1. The van der Waals surface area contributed by atoms with E-state index in [-0.39, 0.29) is 12.1 Å². The summed E-state index contributed by atoms with van der Waals surface area (Å²) in [6.07, 6.45) is 9.54. The fourth-order valence-electron chi connectivity index (χ4n) is 2.10. The quantitative estimate of drug-likeness (QED) is 0.730. The van der Waals surface area contributed by atoms with Crippen molar-refractivity contribution in [2.24, 2.45) is 5.92 Å². The number of rotatable bonds is 3. The normalized spacial score (nSPS) is 22.3. The highest BCUT2D eigenvalue weighted by Gasteiger charge is 2.21. The molecular formula is C13H22N2O. The Kier molecular flexibility index (Phi) is 5.18. The molecule has 1 aliphatic heterocycles. The van der Waals surface area contributed by atoms with E-state index in [0.29, 0.717) is 5.92 Å². The van der Waals surface area contributed by atoms with Gasteiger partial charge in [-0.3, -0.25) is 0 Å². The Morgan fingerprint density at radius 1 is 1.69 bits per heavy atom. The molecule has 90 valence electrons. The lowest BCUT2D eigenvalue weighted by Gasteiger charge is -2.31. The molecule has 3 nitrogen and oxygen atoms in total. The molecule has 2 unspecified atom stereocenters. The van der Waals surface area contributed by atoms with Gasteiger partial charge in [0.2, 0.25) is 0 Å². The lowest BCUT2D eigenvalue weighted by molar-refractivity contribution is 0.168. The monoisotopic (exact) mass is 222 g/mol. The van der Waals surface area contributed by atoms with Crippen LogP contribution in [0.1, 0.15) is 39.5 Å². The maximum absolute atomic E-state index is 11.9. The fraction of sp³-hybridized carbons (Fsp3) is 0.769. The van der Waals surface area contributed by atoms with Crippen LogP contribution < -0.4 is 5.32 Å². The SMILES string of the molecule is C#CC(CCC)NC(=O)N1CCCC(C)C1.